The van der Waals surface area contributed by atoms with Gasteiger partial charge in [-0.15, -0.1) is 10.2 Å². The molecule has 0 saturated carbocycles. The maximum Gasteiger partial charge on any atom is 0.273 e. The average molecular weight is 408 g/mol. The zero-order chi connectivity index (χ0) is 21.3. The van der Waals surface area contributed by atoms with Gasteiger partial charge in [-0.1, -0.05) is 6.07 Å². The van der Waals surface area contributed by atoms with Gasteiger partial charge in [0.05, 0.1) is 18.1 Å². The SMILES string of the molecule is CNC(=O)c1cnc(NCCC[C@@H](C)Nc2ccc(-n3ccccc3=O)cn2)nn1. The van der Waals surface area contributed by atoms with Gasteiger partial charge >= 0.3 is 0 Å². The highest BCUT2D eigenvalue weighted by Crippen LogP contribution is 2.11. The number of pyridine rings is 2. The molecule has 0 aliphatic carbocycles. The lowest BCUT2D eigenvalue weighted by molar-refractivity contribution is 0.0956. The fourth-order valence-electron chi connectivity index (χ4n) is 2.78. The molecule has 0 radical (unpaired) electrons. The molecule has 0 spiro atoms. The van der Waals surface area contributed by atoms with Gasteiger partial charge < -0.3 is 16.0 Å². The van der Waals surface area contributed by atoms with Crippen molar-refractivity contribution in [3.63, 3.8) is 0 Å². The first-order valence-corrected chi connectivity index (χ1v) is 9.63. The molecule has 3 N–H and O–H groups in total. The van der Waals surface area contributed by atoms with E-state index in [1.165, 1.54) is 19.3 Å². The summed E-state index contributed by atoms with van der Waals surface area (Å²) in [6.45, 7) is 2.75. The average Bonchev–Trinajstić information content (AvgIpc) is 2.77. The van der Waals surface area contributed by atoms with Crippen LogP contribution in [0.3, 0.4) is 0 Å². The second kappa shape index (κ2) is 10.1. The van der Waals surface area contributed by atoms with Crippen LogP contribution >= 0.6 is 0 Å². The number of rotatable bonds is 9. The van der Waals surface area contributed by atoms with Crippen LogP contribution in [0.5, 0.6) is 0 Å². The molecule has 10 nitrogen and oxygen atoms in total. The van der Waals surface area contributed by atoms with Crippen LogP contribution in [0.4, 0.5) is 11.8 Å². The molecular formula is C20H24N8O2. The Morgan fingerprint density at radius 1 is 1.13 bits per heavy atom. The molecule has 0 saturated heterocycles. The van der Waals surface area contributed by atoms with Gasteiger partial charge in [0.1, 0.15) is 5.82 Å². The predicted molar refractivity (Wildman–Crippen MR) is 114 cm³/mol. The first-order valence-electron chi connectivity index (χ1n) is 9.63. The fraction of sp³-hybridized carbons (Fsp3) is 0.300. The lowest BCUT2D eigenvalue weighted by atomic mass is 10.2. The summed E-state index contributed by atoms with van der Waals surface area (Å²) in [5.74, 6) is 0.816. The molecule has 0 bridgehead atoms. The van der Waals surface area contributed by atoms with E-state index in [4.69, 9.17) is 0 Å². The third-order valence-electron chi connectivity index (χ3n) is 4.36. The lowest BCUT2D eigenvalue weighted by Gasteiger charge is -2.15. The Morgan fingerprint density at radius 3 is 2.67 bits per heavy atom. The summed E-state index contributed by atoms with van der Waals surface area (Å²) in [4.78, 5) is 31.8. The first kappa shape index (κ1) is 20.9. The molecule has 0 aliphatic rings. The quantitative estimate of drug-likeness (QED) is 0.454. The van der Waals surface area contributed by atoms with Crippen LogP contribution in [0, 0.1) is 0 Å². The first-order chi connectivity index (χ1) is 14.6. The van der Waals surface area contributed by atoms with Crippen molar-refractivity contribution < 1.29 is 4.79 Å². The molecule has 1 atom stereocenters. The van der Waals surface area contributed by atoms with E-state index in [1.807, 2.05) is 12.1 Å². The molecular weight excluding hydrogens is 384 g/mol. The van der Waals surface area contributed by atoms with Crippen molar-refractivity contribution in [2.24, 2.45) is 0 Å². The minimum Gasteiger partial charge on any atom is -0.368 e. The van der Waals surface area contributed by atoms with Gasteiger partial charge in [-0.3, -0.25) is 14.2 Å². The van der Waals surface area contributed by atoms with Gasteiger partial charge in [0.2, 0.25) is 5.95 Å². The maximum absolute atomic E-state index is 11.9. The van der Waals surface area contributed by atoms with Crippen LogP contribution < -0.4 is 21.5 Å². The van der Waals surface area contributed by atoms with Crippen molar-refractivity contribution >= 4 is 17.7 Å². The number of anilines is 2. The highest BCUT2D eigenvalue weighted by Gasteiger charge is 2.07. The summed E-state index contributed by atoms with van der Waals surface area (Å²) < 4.78 is 1.55. The topological polar surface area (TPSA) is 127 Å². The van der Waals surface area contributed by atoms with Gasteiger partial charge in [0.25, 0.3) is 11.5 Å². The van der Waals surface area contributed by atoms with E-state index in [-0.39, 0.29) is 23.2 Å². The van der Waals surface area contributed by atoms with E-state index >= 15 is 0 Å². The van der Waals surface area contributed by atoms with Gasteiger partial charge in [-0.25, -0.2) is 9.97 Å². The molecule has 156 valence electrons. The molecule has 1 amide bonds. The standard InChI is InChI=1S/C20H24N8O2/c1-14(6-5-10-22-20-24-13-16(26-27-20)19(30)21-2)25-17-9-8-15(12-23-17)28-11-4-3-7-18(28)29/h3-4,7-9,11-14H,5-6,10H2,1-2H3,(H,21,30)(H,23,25)(H,22,24,27)/t14-/m1/s1. The van der Waals surface area contributed by atoms with Crippen LogP contribution in [-0.4, -0.2) is 50.3 Å². The summed E-state index contributed by atoms with van der Waals surface area (Å²) in [6, 6.07) is 8.95. The number of carbonyl (C=O) groups excluding carboxylic acids is 1. The van der Waals surface area contributed by atoms with E-state index in [0.29, 0.717) is 12.5 Å². The minimum atomic E-state index is -0.320. The molecule has 0 aromatic carbocycles. The fourth-order valence-corrected chi connectivity index (χ4v) is 2.78. The van der Waals surface area contributed by atoms with E-state index in [1.54, 1.807) is 29.1 Å². The van der Waals surface area contributed by atoms with Gasteiger partial charge in [0.15, 0.2) is 5.69 Å². The number of nitrogens with zero attached hydrogens (tertiary/aromatic N) is 5. The van der Waals surface area contributed by atoms with Crippen molar-refractivity contribution in [1.29, 1.82) is 0 Å². The van der Waals surface area contributed by atoms with Gasteiger partial charge in [-0.05, 0) is 38.0 Å². The third-order valence-corrected chi connectivity index (χ3v) is 4.36. The van der Waals surface area contributed by atoms with Crippen LogP contribution in [0.2, 0.25) is 0 Å². The van der Waals surface area contributed by atoms with E-state index < -0.39 is 0 Å². The number of carbonyl (C=O) groups is 1. The largest absolute Gasteiger partial charge is 0.368 e. The number of amides is 1. The Hall–Kier alpha value is -3.82. The normalized spacial score (nSPS) is 11.5. The van der Waals surface area contributed by atoms with E-state index in [2.05, 4.69) is 43.0 Å². The van der Waals surface area contributed by atoms with Crippen molar-refractivity contribution in [3.8, 4) is 5.69 Å². The smallest absolute Gasteiger partial charge is 0.273 e. The van der Waals surface area contributed by atoms with Crippen LogP contribution in [0.25, 0.3) is 5.69 Å². The molecule has 3 aromatic rings. The van der Waals surface area contributed by atoms with Crippen molar-refractivity contribution in [2.75, 3.05) is 24.2 Å². The van der Waals surface area contributed by atoms with Crippen molar-refractivity contribution in [1.82, 2.24) is 30.0 Å². The number of aromatic nitrogens is 5. The monoisotopic (exact) mass is 408 g/mol. The lowest BCUT2D eigenvalue weighted by Crippen LogP contribution is -2.21. The summed E-state index contributed by atoms with van der Waals surface area (Å²) in [5.41, 5.74) is 0.805. The van der Waals surface area contributed by atoms with Crippen LogP contribution in [-0.2, 0) is 0 Å². The van der Waals surface area contributed by atoms with Gasteiger partial charge in [-0.2, -0.15) is 0 Å². The predicted octanol–water partition coefficient (Wildman–Crippen LogP) is 1.47. The number of nitrogens with one attached hydrogen (secondary N) is 3. The molecule has 3 heterocycles. The maximum atomic E-state index is 11.9. The minimum absolute atomic E-state index is 0.0941. The van der Waals surface area contributed by atoms with Gasteiger partial charge in [0, 0.05) is 31.9 Å². The zero-order valence-electron chi connectivity index (χ0n) is 16.9. The number of hydrogen-bond acceptors (Lipinski definition) is 8. The summed E-state index contributed by atoms with van der Waals surface area (Å²) in [7, 11) is 1.53. The molecule has 10 heteroatoms. The Morgan fingerprint density at radius 2 is 2.00 bits per heavy atom. The molecule has 3 rings (SSSR count). The molecule has 0 fully saturated rings. The molecule has 0 aliphatic heterocycles. The van der Waals surface area contributed by atoms with E-state index in [0.717, 1.165) is 24.3 Å². The number of hydrogen-bond donors (Lipinski definition) is 3. The van der Waals surface area contributed by atoms with Crippen molar-refractivity contribution in [3.05, 3.63) is 65.0 Å². The molecule has 3 aromatic heterocycles. The third kappa shape index (κ3) is 5.60. The zero-order valence-corrected chi connectivity index (χ0v) is 16.9. The van der Waals surface area contributed by atoms with Crippen LogP contribution in [0.1, 0.15) is 30.3 Å². The summed E-state index contributed by atoms with van der Waals surface area (Å²) >= 11 is 0. The van der Waals surface area contributed by atoms with Crippen molar-refractivity contribution in [2.45, 2.75) is 25.8 Å². The molecule has 0 unspecified atom stereocenters. The highest BCUT2D eigenvalue weighted by molar-refractivity contribution is 5.91. The second-order valence-corrected chi connectivity index (χ2v) is 6.67. The Labute approximate surface area is 173 Å². The Kier molecular flexibility index (Phi) is 7.04. The highest BCUT2D eigenvalue weighted by atomic mass is 16.2. The van der Waals surface area contributed by atoms with Crippen LogP contribution in [0.15, 0.2) is 53.7 Å². The summed E-state index contributed by atoms with van der Waals surface area (Å²) in [6.07, 6.45) is 6.56. The Balaban J connectivity index is 1.42. The second-order valence-electron chi connectivity index (χ2n) is 6.67. The Bertz CT molecular complexity index is 1020. The van der Waals surface area contributed by atoms with E-state index in [9.17, 15) is 9.59 Å². The molecule has 30 heavy (non-hydrogen) atoms. The summed E-state index contributed by atoms with van der Waals surface area (Å²) in [5, 5.41) is 16.6.